The standard InChI is InChI=1S/C15H12F5N3O4/c16-6-1-10(18)14(21-3-6)22-13-8(2-9(17)11(19)12(13)20)15(26)23-27-5-7(25)4-24/h1-3,7,24-25H,4-5H2,(H,21,22)(H,23,26). The highest BCUT2D eigenvalue weighted by Gasteiger charge is 2.24. The van der Waals surface area contributed by atoms with Gasteiger partial charge in [-0.1, -0.05) is 0 Å². The first-order valence-electron chi connectivity index (χ1n) is 7.21. The van der Waals surface area contributed by atoms with E-state index >= 15 is 0 Å². The molecule has 0 aliphatic carbocycles. The van der Waals surface area contributed by atoms with Crippen molar-refractivity contribution in [3.8, 4) is 0 Å². The van der Waals surface area contributed by atoms with Gasteiger partial charge in [-0.15, -0.1) is 0 Å². The third kappa shape index (κ3) is 4.87. The van der Waals surface area contributed by atoms with Gasteiger partial charge in [-0.3, -0.25) is 9.63 Å². The van der Waals surface area contributed by atoms with Crippen LogP contribution < -0.4 is 10.8 Å². The summed E-state index contributed by atoms with van der Waals surface area (Å²) in [5, 5.41) is 19.6. The van der Waals surface area contributed by atoms with Gasteiger partial charge in [0.25, 0.3) is 5.91 Å². The van der Waals surface area contributed by atoms with Crippen LogP contribution >= 0.6 is 0 Å². The molecule has 1 atom stereocenters. The van der Waals surface area contributed by atoms with Crippen LogP contribution in [0.3, 0.4) is 0 Å². The molecule has 4 N–H and O–H groups in total. The maximum atomic E-state index is 14.1. The molecule has 0 fully saturated rings. The lowest BCUT2D eigenvalue weighted by atomic mass is 10.1. The van der Waals surface area contributed by atoms with Gasteiger partial charge in [0.1, 0.15) is 18.5 Å². The van der Waals surface area contributed by atoms with Crippen LogP contribution in [0, 0.1) is 29.1 Å². The van der Waals surface area contributed by atoms with Gasteiger partial charge in [-0.25, -0.2) is 32.4 Å². The van der Waals surface area contributed by atoms with Crippen molar-refractivity contribution in [3.63, 3.8) is 0 Å². The molecule has 1 unspecified atom stereocenters. The Morgan fingerprint density at radius 1 is 1.15 bits per heavy atom. The summed E-state index contributed by atoms with van der Waals surface area (Å²) >= 11 is 0. The molecular weight excluding hydrogens is 381 g/mol. The molecule has 0 bridgehead atoms. The average Bonchev–Trinajstić information content (AvgIpc) is 2.63. The lowest BCUT2D eigenvalue weighted by Gasteiger charge is -2.14. The second-order valence-corrected chi connectivity index (χ2v) is 5.10. The Hall–Kier alpha value is -2.83. The number of carbonyl (C=O) groups excluding carboxylic acids is 1. The normalized spacial score (nSPS) is 12.0. The predicted molar refractivity (Wildman–Crippen MR) is 80.3 cm³/mol. The van der Waals surface area contributed by atoms with E-state index in [1.54, 1.807) is 5.48 Å². The van der Waals surface area contributed by atoms with Crippen molar-refractivity contribution in [2.45, 2.75) is 6.10 Å². The summed E-state index contributed by atoms with van der Waals surface area (Å²) in [4.78, 5) is 19.9. The fourth-order valence-electron chi connectivity index (χ4n) is 1.83. The van der Waals surface area contributed by atoms with Crippen molar-refractivity contribution >= 4 is 17.4 Å². The number of pyridine rings is 1. The number of anilines is 2. The molecule has 1 aromatic carbocycles. The molecule has 1 amide bonds. The van der Waals surface area contributed by atoms with E-state index < -0.39 is 71.4 Å². The molecule has 0 saturated heterocycles. The number of rotatable bonds is 7. The number of halogens is 5. The van der Waals surface area contributed by atoms with Gasteiger partial charge >= 0.3 is 0 Å². The molecule has 0 aliphatic rings. The lowest BCUT2D eigenvalue weighted by Crippen LogP contribution is -2.30. The average molecular weight is 393 g/mol. The van der Waals surface area contributed by atoms with Gasteiger partial charge in [0.15, 0.2) is 29.1 Å². The van der Waals surface area contributed by atoms with E-state index in [0.29, 0.717) is 18.3 Å². The minimum Gasteiger partial charge on any atom is -0.394 e. The van der Waals surface area contributed by atoms with Crippen LogP contribution in [0.15, 0.2) is 18.3 Å². The number of aliphatic hydroxyl groups is 2. The molecule has 0 spiro atoms. The second-order valence-electron chi connectivity index (χ2n) is 5.10. The van der Waals surface area contributed by atoms with Crippen molar-refractivity contribution < 1.29 is 41.8 Å². The molecule has 1 heterocycles. The summed E-state index contributed by atoms with van der Waals surface area (Å²) in [6.45, 7) is -1.25. The van der Waals surface area contributed by atoms with E-state index in [1.807, 2.05) is 5.32 Å². The molecular formula is C15H12F5N3O4. The first-order chi connectivity index (χ1) is 12.7. The van der Waals surface area contributed by atoms with Crippen molar-refractivity contribution in [3.05, 3.63) is 53.0 Å². The van der Waals surface area contributed by atoms with Gasteiger partial charge in [0.2, 0.25) is 0 Å². The lowest BCUT2D eigenvalue weighted by molar-refractivity contribution is -0.0295. The first-order valence-corrected chi connectivity index (χ1v) is 7.21. The molecule has 0 radical (unpaired) electrons. The fraction of sp³-hybridized carbons (Fsp3) is 0.200. The Morgan fingerprint density at radius 2 is 1.85 bits per heavy atom. The van der Waals surface area contributed by atoms with Gasteiger partial charge in [-0.05, 0) is 6.07 Å². The molecule has 27 heavy (non-hydrogen) atoms. The summed E-state index contributed by atoms with van der Waals surface area (Å²) in [5.41, 5.74) is -0.120. The van der Waals surface area contributed by atoms with Crippen LogP contribution in [-0.4, -0.2) is 40.4 Å². The Kier molecular flexibility index (Phi) is 6.60. The van der Waals surface area contributed by atoms with Gasteiger partial charge in [0, 0.05) is 6.07 Å². The molecule has 0 saturated carbocycles. The predicted octanol–water partition coefficient (Wildman–Crippen LogP) is 1.54. The van der Waals surface area contributed by atoms with Crippen molar-refractivity contribution in [1.82, 2.24) is 10.5 Å². The number of hydrogen-bond acceptors (Lipinski definition) is 6. The summed E-state index contributed by atoms with van der Waals surface area (Å²) in [7, 11) is 0. The topological polar surface area (TPSA) is 104 Å². The van der Waals surface area contributed by atoms with Gasteiger partial charge in [0.05, 0.1) is 24.1 Å². The highest BCUT2D eigenvalue weighted by atomic mass is 19.2. The quantitative estimate of drug-likeness (QED) is 0.323. The van der Waals surface area contributed by atoms with Crippen LogP contribution in [0.4, 0.5) is 33.5 Å². The largest absolute Gasteiger partial charge is 0.394 e. The zero-order valence-corrected chi connectivity index (χ0v) is 13.3. The number of hydroxylamine groups is 1. The molecule has 2 aromatic rings. The molecule has 1 aromatic heterocycles. The number of nitrogens with zero attached hydrogens (tertiary/aromatic N) is 1. The monoisotopic (exact) mass is 393 g/mol. The number of amides is 1. The van der Waals surface area contributed by atoms with E-state index in [0.717, 1.165) is 0 Å². The minimum atomic E-state index is -1.95. The molecule has 12 heteroatoms. The molecule has 2 rings (SSSR count). The number of nitrogens with one attached hydrogen (secondary N) is 2. The first kappa shape index (κ1) is 20.5. The number of hydrogen-bond donors (Lipinski definition) is 4. The molecule has 0 aliphatic heterocycles. The summed E-state index contributed by atoms with van der Waals surface area (Å²) < 4.78 is 67.7. The zero-order chi connectivity index (χ0) is 20.1. The van der Waals surface area contributed by atoms with Crippen LogP contribution in [0.2, 0.25) is 0 Å². The van der Waals surface area contributed by atoms with Crippen LogP contribution in [0.5, 0.6) is 0 Å². The van der Waals surface area contributed by atoms with E-state index in [9.17, 15) is 26.7 Å². The maximum Gasteiger partial charge on any atom is 0.277 e. The van der Waals surface area contributed by atoms with Crippen molar-refractivity contribution in [2.24, 2.45) is 0 Å². The number of carbonyl (C=O) groups is 1. The van der Waals surface area contributed by atoms with Crippen LogP contribution in [0.1, 0.15) is 10.4 Å². The van der Waals surface area contributed by atoms with Crippen LogP contribution in [-0.2, 0) is 4.84 Å². The Balaban J connectivity index is 2.34. The minimum absolute atomic E-state index is 0.309. The second kappa shape index (κ2) is 8.70. The molecule has 146 valence electrons. The molecule has 7 nitrogen and oxygen atoms in total. The van der Waals surface area contributed by atoms with Crippen LogP contribution in [0.25, 0.3) is 0 Å². The Morgan fingerprint density at radius 3 is 2.48 bits per heavy atom. The third-order valence-corrected chi connectivity index (χ3v) is 3.11. The summed E-state index contributed by atoms with van der Waals surface area (Å²) in [5.74, 6) is -9.90. The number of benzene rings is 1. The zero-order valence-electron chi connectivity index (χ0n) is 13.3. The van der Waals surface area contributed by atoms with Gasteiger partial charge in [-0.2, -0.15) is 0 Å². The highest BCUT2D eigenvalue weighted by Crippen LogP contribution is 2.28. The number of aromatic nitrogens is 1. The highest BCUT2D eigenvalue weighted by molar-refractivity contribution is 5.99. The fourth-order valence-corrected chi connectivity index (χ4v) is 1.83. The Bertz CT molecular complexity index is 853. The Labute approximate surface area is 148 Å². The SMILES string of the molecule is O=C(NOCC(O)CO)c1cc(F)c(F)c(F)c1Nc1ncc(F)cc1F. The van der Waals surface area contributed by atoms with E-state index in [4.69, 9.17) is 10.2 Å². The van der Waals surface area contributed by atoms with Gasteiger partial charge < -0.3 is 15.5 Å². The van der Waals surface area contributed by atoms with Crippen molar-refractivity contribution in [1.29, 1.82) is 0 Å². The van der Waals surface area contributed by atoms with E-state index in [-0.39, 0.29) is 0 Å². The summed E-state index contributed by atoms with van der Waals surface area (Å²) in [6, 6.07) is 0.704. The van der Waals surface area contributed by atoms with E-state index in [1.165, 1.54) is 0 Å². The maximum absolute atomic E-state index is 14.1. The summed E-state index contributed by atoms with van der Waals surface area (Å²) in [6.07, 6.45) is -0.774. The number of aliphatic hydroxyl groups excluding tert-OH is 2. The third-order valence-electron chi connectivity index (χ3n) is 3.11. The smallest absolute Gasteiger partial charge is 0.277 e. The van der Waals surface area contributed by atoms with Crippen molar-refractivity contribution in [2.75, 3.05) is 18.5 Å². The van der Waals surface area contributed by atoms with E-state index in [2.05, 4.69) is 9.82 Å².